The van der Waals surface area contributed by atoms with Crippen molar-refractivity contribution < 1.29 is 31.9 Å². The number of likely N-dealkylation sites (N-methyl/N-ethyl adjacent to an activating group) is 1. The van der Waals surface area contributed by atoms with E-state index in [0.717, 1.165) is 5.39 Å². The van der Waals surface area contributed by atoms with Crippen LogP contribution in [0.2, 0.25) is 0 Å². The van der Waals surface area contributed by atoms with E-state index in [1.165, 1.54) is 4.90 Å². The summed E-state index contributed by atoms with van der Waals surface area (Å²) >= 11 is 0. The molecule has 1 aromatic carbocycles. The van der Waals surface area contributed by atoms with Crippen LogP contribution in [0.4, 0.5) is 0 Å². The first-order chi connectivity index (χ1) is 13.8. The first-order valence-electron chi connectivity index (χ1n) is 9.58. The lowest BCUT2D eigenvalue weighted by atomic mass is 10.1. The molecule has 0 bridgehead atoms. The highest BCUT2D eigenvalue weighted by Crippen LogP contribution is 2.29. The largest absolute Gasteiger partial charge is 0.494 e. The Balaban J connectivity index is 1.68. The summed E-state index contributed by atoms with van der Waals surface area (Å²) in [6, 6.07) is 4.89. The molecule has 1 unspecified atom stereocenters. The highest BCUT2D eigenvalue weighted by molar-refractivity contribution is 7.91. The van der Waals surface area contributed by atoms with Crippen molar-refractivity contribution in [3.8, 4) is 5.75 Å². The number of nitrogens with zero attached hydrogens (tertiary/aromatic N) is 1. The van der Waals surface area contributed by atoms with Gasteiger partial charge in [-0.3, -0.25) is 4.79 Å². The number of carbonyl (C=O) groups is 2. The maximum absolute atomic E-state index is 12.5. The maximum Gasteiger partial charge on any atom is 0.375 e. The molecule has 1 fully saturated rings. The van der Waals surface area contributed by atoms with Crippen LogP contribution in [0.15, 0.2) is 22.6 Å². The normalized spacial score (nSPS) is 18.0. The van der Waals surface area contributed by atoms with Gasteiger partial charge in [0.05, 0.1) is 18.1 Å². The molecule has 1 saturated heterocycles. The van der Waals surface area contributed by atoms with E-state index in [9.17, 15) is 18.0 Å². The van der Waals surface area contributed by atoms with E-state index < -0.39 is 28.3 Å². The van der Waals surface area contributed by atoms with Gasteiger partial charge in [0.25, 0.3) is 5.91 Å². The van der Waals surface area contributed by atoms with Gasteiger partial charge in [0, 0.05) is 23.5 Å². The molecule has 0 N–H and O–H groups in total. The number of fused-ring (bicyclic) bond motifs is 1. The lowest BCUT2D eigenvalue weighted by Gasteiger charge is -2.26. The molecule has 1 aliphatic rings. The number of carbonyl (C=O) groups excluding carboxylic acids is 2. The summed E-state index contributed by atoms with van der Waals surface area (Å²) in [5.41, 5.74) is 1.13. The summed E-state index contributed by atoms with van der Waals surface area (Å²) in [6.45, 7) is 5.79. The standard InChI is InChI=1S/C20H25NO7S/c1-4-21(14-8-9-29(24,25)12-14)18(22)11-27-20(23)19-13(3)16-10-15(26-5-2)6-7-17(16)28-19/h6-7,10,14H,4-5,8-9,11-12H2,1-3H3. The quantitative estimate of drug-likeness (QED) is 0.630. The van der Waals surface area contributed by atoms with Gasteiger partial charge in [0.1, 0.15) is 11.3 Å². The smallest absolute Gasteiger partial charge is 0.375 e. The Kier molecular flexibility index (Phi) is 6.16. The van der Waals surface area contributed by atoms with Gasteiger partial charge in [-0.15, -0.1) is 0 Å². The molecule has 0 spiro atoms. The molecule has 1 aliphatic heterocycles. The summed E-state index contributed by atoms with van der Waals surface area (Å²) in [6.07, 6.45) is 0.403. The fourth-order valence-electron chi connectivity index (χ4n) is 3.59. The number of rotatable bonds is 7. The highest BCUT2D eigenvalue weighted by atomic mass is 32.2. The van der Waals surface area contributed by atoms with Crippen LogP contribution in [0.25, 0.3) is 11.0 Å². The van der Waals surface area contributed by atoms with E-state index in [-0.39, 0.29) is 23.3 Å². The molecule has 0 radical (unpaired) electrons. The number of hydrogen-bond donors (Lipinski definition) is 0. The molecule has 158 valence electrons. The zero-order chi connectivity index (χ0) is 21.2. The topological polar surface area (TPSA) is 103 Å². The van der Waals surface area contributed by atoms with E-state index in [1.807, 2.05) is 6.92 Å². The Morgan fingerprint density at radius 1 is 1.28 bits per heavy atom. The number of amides is 1. The van der Waals surface area contributed by atoms with Gasteiger partial charge >= 0.3 is 5.97 Å². The molecule has 29 heavy (non-hydrogen) atoms. The Labute approximate surface area is 169 Å². The molecule has 8 nitrogen and oxygen atoms in total. The van der Waals surface area contributed by atoms with Gasteiger partial charge in [-0.05, 0) is 45.4 Å². The van der Waals surface area contributed by atoms with Crippen molar-refractivity contribution in [1.82, 2.24) is 4.90 Å². The lowest BCUT2D eigenvalue weighted by molar-refractivity contribution is -0.136. The zero-order valence-corrected chi connectivity index (χ0v) is 17.6. The van der Waals surface area contributed by atoms with Crippen LogP contribution >= 0.6 is 0 Å². The van der Waals surface area contributed by atoms with Crippen molar-refractivity contribution in [2.75, 3.05) is 31.3 Å². The van der Waals surface area contributed by atoms with Gasteiger partial charge in [-0.2, -0.15) is 0 Å². The van der Waals surface area contributed by atoms with Crippen molar-refractivity contribution in [2.45, 2.75) is 33.2 Å². The minimum atomic E-state index is -3.11. The predicted octanol–water partition coefficient (Wildman–Crippen LogP) is 2.33. The van der Waals surface area contributed by atoms with E-state index >= 15 is 0 Å². The number of hydrogen-bond acceptors (Lipinski definition) is 7. The average molecular weight is 423 g/mol. The monoisotopic (exact) mass is 423 g/mol. The average Bonchev–Trinajstić information content (AvgIpc) is 3.20. The molecule has 3 rings (SSSR count). The Morgan fingerprint density at radius 3 is 2.66 bits per heavy atom. The second kappa shape index (κ2) is 8.44. The first-order valence-corrected chi connectivity index (χ1v) is 11.4. The Hall–Kier alpha value is -2.55. The number of sulfone groups is 1. The highest BCUT2D eigenvalue weighted by Gasteiger charge is 2.34. The molecule has 9 heteroatoms. The fourth-order valence-corrected chi connectivity index (χ4v) is 5.32. The molecule has 1 atom stereocenters. The number of furan rings is 1. The van der Waals surface area contributed by atoms with Crippen molar-refractivity contribution in [3.63, 3.8) is 0 Å². The fraction of sp³-hybridized carbons (Fsp3) is 0.500. The van der Waals surface area contributed by atoms with Gasteiger partial charge in [-0.1, -0.05) is 0 Å². The van der Waals surface area contributed by atoms with Crippen molar-refractivity contribution in [3.05, 3.63) is 29.5 Å². The molecular formula is C20H25NO7S. The molecule has 2 heterocycles. The second-order valence-electron chi connectivity index (χ2n) is 6.96. The van der Waals surface area contributed by atoms with Crippen molar-refractivity contribution in [2.24, 2.45) is 0 Å². The third-order valence-electron chi connectivity index (χ3n) is 5.04. The van der Waals surface area contributed by atoms with Crippen LogP contribution in [-0.2, 0) is 19.4 Å². The summed E-state index contributed by atoms with van der Waals surface area (Å²) < 4.78 is 39.6. The maximum atomic E-state index is 12.5. The number of ether oxygens (including phenoxy) is 2. The van der Waals surface area contributed by atoms with Gasteiger partial charge in [0.2, 0.25) is 5.76 Å². The Morgan fingerprint density at radius 2 is 2.03 bits per heavy atom. The predicted molar refractivity (Wildman–Crippen MR) is 107 cm³/mol. The Bertz CT molecular complexity index is 1020. The van der Waals surface area contributed by atoms with Crippen LogP contribution in [0.5, 0.6) is 5.75 Å². The van der Waals surface area contributed by atoms with Crippen molar-refractivity contribution in [1.29, 1.82) is 0 Å². The van der Waals surface area contributed by atoms with Crippen LogP contribution < -0.4 is 4.74 Å². The molecule has 0 saturated carbocycles. The molecule has 1 amide bonds. The molecule has 1 aromatic heterocycles. The summed E-state index contributed by atoms with van der Waals surface area (Å²) in [5, 5.41) is 0.737. The van der Waals surface area contributed by atoms with Gasteiger partial charge in [-0.25, -0.2) is 13.2 Å². The van der Waals surface area contributed by atoms with Gasteiger partial charge in [0.15, 0.2) is 16.4 Å². The van der Waals surface area contributed by atoms with Crippen molar-refractivity contribution >= 4 is 32.7 Å². The summed E-state index contributed by atoms with van der Waals surface area (Å²) in [7, 11) is -3.11. The van der Waals surface area contributed by atoms with E-state index in [1.54, 1.807) is 32.0 Å². The van der Waals surface area contributed by atoms with Gasteiger partial charge < -0.3 is 18.8 Å². The minimum absolute atomic E-state index is 0.0351. The van der Waals surface area contributed by atoms with Crippen LogP contribution in [0.1, 0.15) is 36.4 Å². The summed E-state index contributed by atoms with van der Waals surface area (Å²) in [5.74, 6) is -0.429. The van der Waals surface area contributed by atoms with Crippen LogP contribution in [-0.4, -0.2) is 62.5 Å². The second-order valence-corrected chi connectivity index (χ2v) is 9.19. The number of aryl methyl sites for hydroxylation is 1. The molecular weight excluding hydrogens is 398 g/mol. The number of benzene rings is 1. The van der Waals surface area contributed by atoms with E-state index in [0.29, 0.717) is 36.5 Å². The minimum Gasteiger partial charge on any atom is -0.494 e. The van der Waals surface area contributed by atoms with E-state index in [2.05, 4.69) is 0 Å². The number of esters is 1. The van der Waals surface area contributed by atoms with E-state index in [4.69, 9.17) is 13.9 Å². The zero-order valence-electron chi connectivity index (χ0n) is 16.8. The first kappa shape index (κ1) is 21.2. The van der Waals surface area contributed by atoms with Crippen LogP contribution in [0.3, 0.4) is 0 Å². The van der Waals surface area contributed by atoms with Crippen LogP contribution in [0, 0.1) is 6.92 Å². The third-order valence-corrected chi connectivity index (χ3v) is 6.79. The molecule has 2 aromatic rings. The molecule has 0 aliphatic carbocycles. The summed E-state index contributed by atoms with van der Waals surface area (Å²) in [4.78, 5) is 26.4. The lowest BCUT2D eigenvalue weighted by Crippen LogP contribution is -2.43. The SMILES string of the molecule is CCOc1ccc2oc(C(=O)OCC(=O)N(CC)C3CCS(=O)(=O)C3)c(C)c2c1. The third kappa shape index (κ3) is 4.55.